The molecular formula is C14H18F2N2O4S. The van der Waals surface area contributed by atoms with Crippen LogP contribution >= 0.6 is 0 Å². The minimum Gasteiger partial charge on any atom is -0.384 e. The van der Waals surface area contributed by atoms with Crippen LogP contribution in [-0.4, -0.2) is 63.4 Å². The van der Waals surface area contributed by atoms with Crippen molar-refractivity contribution in [3.63, 3.8) is 0 Å². The number of carbonyl (C=O) groups is 1. The quantitative estimate of drug-likeness (QED) is 0.791. The van der Waals surface area contributed by atoms with Crippen molar-refractivity contribution < 1.29 is 26.7 Å². The highest BCUT2D eigenvalue weighted by molar-refractivity contribution is 7.89. The summed E-state index contributed by atoms with van der Waals surface area (Å²) < 4.78 is 57.0. The molecule has 0 atom stereocenters. The van der Waals surface area contributed by atoms with Crippen LogP contribution in [0.15, 0.2) is 23.1 Å². The van der Waals surface area contributed by atoms with E-state index in [1.165, 1.54) is 11.4 Å². The number of benzene rings is 1. The summed E-state index contributed by atoms with van der Waals surface area (Å²) >= 11 is 0. The maximum atomic E-state index is 13.2. The van der Waals surface area contributed by atoms with E-state index >= 15 is 0 Å². The fourth-order valence-electron chi connectivity index (χ4n) is 2.31. The zero-order chi connectivity index (χ0) is 17.0. The van der Waals surface area contributed by atoms with Gasteiger partial charge in [0, 0.05) is 33.3 Å². The second-order valence-corrected chi connectivity index (χ2v) is 7.04. The summed E-state index contributed by atoms with van der Waals surface area (Å²) in [5.74, 6) is -2.41. The maximum Gasteiger partial charge on any atom is 0.243 e. The Morgan fingerprint density at radius 2 is 1.83 bits per heavy atom. The van der Waals surface area contributed by atoms with E-state index in [-0.39, 0.29) is 43.4 Å². The molecule has 0 unspecified atom stereocenters. The van der Waals surface area contributed by atoms with Crippen LogP contribution in [0.1, 0.15) is 6.42 Å². The predicted octanol–water partition coefficient (Wildman–Crippen LogP) is 0.834. The molecule has 23 heavy (non-hydrogen) atoms. The molecule has 0 aromatic heterocycles. The Bertz CT molecular complexity index is 673. The number of hydrogen-bond acceptors (Lipinski definition) is 4. The van der Waals surface area contributed by atoms with E-state index in [1.54, 1.807) is 4.90 Å². The summed E-state index contributed by atoms with van der Waals surface area (Å²) in [5.41, 5.74) is 0. The zero-order valence-corrected chi connectivity index (χ0v) is 13.5. The lowest BCUT2D eigenvalue weighted by molar-refractivity contribution is -0.133. The van der Waals surface area contributed by atoms with Gasteiger partial charge in [-0.15, -0.1) is 0 Å². The molecule has 1 saturated heterocycles. The first kappa shape index (κ1) is 17.8. The Morgan fingerprint density at radius 1 is 1.17 bits per heavy atom. The van der Waals surface area contributed by atoms with Gasteiger partial charge in [0.05, 0.1) is 17.9 Å². The first-order valence-corrected chi connectivity index (χ1v) is 8.52. The van der Waals surface area contributed by atoms with E-state index in [1.807, 2.05) is 0 Å². The number of carbonyl (C=O) groups excluding carboxylic acids is 1. The van der Waals surface area contributed by atoms with Gasteiger partial charge in [-0.2, -0.15) is 4.31 Å². The summed E-state index contributed by atoms with van der Waals surface area (Å²) in [6, 6.07) is 2.48. The van der Waals surface area contributed by atoms with Crippen molar-refractivity contribution in [1.29, 1.82) is 0 Å². The van der Waals surface area contributed by atoms with Crippen molar-refractivity contribution in [2.75, 3.05) is 39.9 Å². The SMILES string of the molecule is COCCC(=O)N1CCN(S(=O)(=O)c2ccc(F)c(F)c2)CC1. The van der Waals surface area contributed by atoms with Crippen molar-refractivity contribution in [1.82, 2.24) is 9.21 Å². The molecule has 1 aliphatic rings. The highest BCUT2D eigenvalue weighted by atomic mass is 32.2. The van der Waals surface area contributed by atoms with Gasteiger partial charge in [0.2, 0.25) is 15.9 Å². The molecule has 1 aromatic rings. The molecule has 2 rings (SSSR count). The fraction of sp³-hybridized carbons (Fsp3) is 0.500. The molecule has 9 heteroatoms. The number of hydrogen-bond donors (Lipinski definition) is 0. The minimum absolute atomic E-state index is 0.100. The van der Waals surface area contributed by atoms with E-state index in [0.717, 1.165) is 12.1 Å². The normalized spacial score (nSPS) is 16.6. The molecule has 0 spiro atoms. The van der Waals surface area contributed by atoms with Crippen LogP contribution in [0.2, 0.25) is 0 Å². The minimum atomic E-state index is -3.90. The third-order valence-corrected chi connectivity index (χ3v) is 5.53. The maximum absolute atomic E-state index is 13.2. The van der Waals surface area contributed by atoms with Crippen LogP contribution in [0.25, 0.3) is 0 Å². The second-order valence-electron chi connectivity index (χ2n) is 5.10. The van der Waals surface area contributed by atoms with Crippen molar-refractivity contribution >= 4 is 15.9 Å². The summed E-state index contributed by atoms with van der Waals surface area (Å²) in [4.78, 5) is 13.1. The van der Waals surface area contributed by atoms with E-state index in [0.29, 0.717) is 12.7 Å². The monoisotopic (exact) mass is 348 g/mol. The number of piperazine rings is 1. The van der Waals surface area contributed by atoms with Gasteiger partial charge in [-0.3, -0.25) is 4.79 Å². The van der Waals surface area contributed by atoms with Gasteiger partial charge in [0.1, 0.15) is 0 Å². The lowest BCUT2D eigenvalue weighted by Gasteiger charge is -2.34. The van der Waals surface area contributed by atoms with Gasteiger partial charge in [-0.05, 0) is 18.2 Å². The number of amides is 1. The van der Waals surface area contributed by atoms with Crippen molar-refractivity contribution in [3.8, 4) is 0 Å². The third kappa shape index (κ3) is 4.04. The highest BCUT2D eigenvalue weighted by Crippen LogP contribution is 2.20. The van der Waals surface area contributed by atoms with Gasteiger partial charge < -0.3 is 9.64 Å². The summed E-state index contributed by atoms with van der Waals surface area (Å²) in [6.07, 6.45) is 0.242. The van der Waals surface area contributed by atoms with Gasteiger partial charge in [-0.25, -0.2) is 17.2 Å². The number of halogens is 2. The van der Waals surface area contributed by atoms with Gasteiger partial charge >= 0.3 is 0 Å². The number of rotatable bonds is 5. The summed E-state index contributed by atoms with van der Waals surface area (Å²) in [7, 11) is -2.40. The van der Waals surface area contributed by atoms with Crippen LogP contribution < -0.4 is 0 Å². The molecular weight excluding hydrogens is 330 g/mol. The Labute approximate surface area is 133 Å². The Morgan fingerprint density at radius 3 is 2.39 bits per heavy atom. The first-order chi connectivity index (χ1) is 10.9. The van der Waals surface area contributed by atoms with E-state index in [9.17, 15) is 22.0 Å². The molecule has 0 aliphatic carbocycles. The van der Waals surface area contributed by atoms with Crippen molar-refractivity contribution in [3.05, 3.63) is 29.8 Å². The molecule has 1 fully saturated rings. The molecule has 1 aromatic carbocycles. The topological polar surface area (TPSA) is 66.9 Å². The summed E-state index contributed by atoms with van der Waals surface area (Å²) in [5, 5.41) is 0. The van der Waals surface area contributed by atoms with Gasteiger partial charge in [0.15, 0.2) is 11.6 Å². The lowest BCUT2D eigenvalue weighted by atomic mass is 10.3. The van der Waals surface area contributed by atoms with E-state index in [4.69, 9.17) is 4.74 Å². The van der Waals surface area contributed by atoms with Gasteiger partial charge in [0.25, 0.3) is 0 Å². The van der Waals surface area contributed by atoms with Gasteiger partial charge in [-0.1, -0.05) is 0 Å². The third-order valence-electron chi connectivity index (χ3n) is 3.64. The van der Waals surface area contributed by atoms with E-state index in [2.05, 4.69) is 0 Å². The fourth-order valence-corrected chi connectivity index (χ4v) is 3.75. The van der Waals surface area contributed by atoms with Crippen molar-refractivity contribution in [2.24, 2.45) is 0 Å². The molecule has 0 N–H and O–H groups in total. The molecule has 1 amide bonds. The molecule has 1 heterocycles. The molecule has 1 aliphatic heterocycles. The van der Waals surface area contributed by atoms with Crippen LogP contribution in [0.5, 0.6) is 0 Å². The lowest BCUT2D eigenvalue weighted by Crippen LogP contribution is -2.50. The Hall–Kier alpha value is -1.58. The second kappa shape index (κ2) is 7.33. The summed E-state index contributed by atoms with van der Waals surface area (Å²) in [6.45, 7) is 1.04. The average molecular weight is 348 g/mol. The largest absolute Gasteiger partial charge is 0.384 e. The number of nitrogens with zero attached hydrogens (tertiary/aromatic N) is 2. The Balaban J connectivity index is 2.03. The van der Waals surface area contributed by atoms with Crippen molar-refractivity contribution in [2.45, 2.75) is 11.3 Å². The molecule has 0 saturated carbocycles. The molecule has 128 valence electrons. The average Bonchev–Trinajstić information content (AvgIpc) is 2.55. The number of methoxy groups -OCH3 is 1. The zero-order valence-electron chi connectivity index (χ0n) is 12.7. The van der Waals surface area contributed by atoms with Crippen LogP contribution in [0.3, 0.4) is 0 Å². The Kier molecular flexibility index (Phi) is 5.66. The van der Waals surface area contributed by atoms with Crippen LogP contribution in [0, 0.1) is 11.6 Å². The smallest absolute Gasteiger partial charge is 0.243 e. The predicted molar refractivity (Wildman–Crippen MR) is 78.2 cm³/mol. The highest BCUT2D eigenvalue weighted by Gasteiger charge is 2.30. The molecule has 6 nitrogen and oxygen atoms in total. The number of ether oxygens (including phenoxy) is 1. The standard InChI is InChI=1S/C14H18F2N2O4S/c1-22-9-4-14(19)17-5-7-18(8-6-17)23(20,21)11-2-3-12(15)13(16)10-11/h2-3,10H,4-9H2,1H3. The molecule has 0 radical (unpaired) electrons. The van der Waals surface area contributed by atoms with E-state index < -0.39 is 21.7 Å². The number of sulfonamides is 1. The van der Waals surface area contributed by atoms with Crippen LogP contribution in [0.4, 0.5) is 8.78 Å². The first-order valence-electron chi connectivity index (χ1n) is 7.08. The van der Waals surface area contributed by atoms with Crippen LogP contribution in [-0.2, 0) is 19.6 Å². The molecule has 0 bridgehead atoms.